The molecular formula is C18H28ClN3O3S. The van der Waals surface area contributed by atoms with Crippen LogP contribution in [-0.2, 0) is 16.4 Å². The standard InChI is InChI=1S/C18H27N3O3S.ClH/c1-19-9-5-14-6-10-20(11-7-14)18(22)16-3-4-17-15(13-16)8-12-21(17)25(2,23)24;/h3-4,13-14,19H,5-12H2,1-2H3;1H. The van der Waals surface area contributed by atoms with Crippen molar-refractivity contribution >= 4 is 34.0 Å². The zero-order valence-electron chi connectivity index (χ0n) is 15.4. The van der Waals surface area contributed by atoms with Crippen molar-refractivity contribution in [3.8, 4) is 0 Å². The molecule has 0 radical (unpaired) electrons. The van der Waals surface area contributed by atoms with Crippen LogP contribution in [0.1, 0.15) is 35.2 Å². The molecule has 146 valence electrons. The molecule has 0 unspecified atom stereocenters. The normalized spacial score (nSPS) is 17.8. The molecule has 6 nitrogen and oxygen atoms in total. The molecule has 1 amide bonds. The Morgan fingerprint density at radius 1 is 1.23 bits per heavy atom. The molecule has 26 heavy (non-hydrogen) atoms. The third kappa shape index (κ3) is 4.50. The molecular weight excluding hydrogens is 374 g/mol. The van der Waals surface area contributed by atoms with Gasteiger partial charge in [-0.3, -0.25) is 9.10 Å². The van der Waals surface area contributed by atoms with Gasteiger partial charge in [-0.1, -0.05) is 0 Å². The van der Waals surface area contributed by atoms with Gasteiger partial charge in [-0.15, -0.1) is 12.4 Å². The molecule has 2 heterocycles. The number of hydrogen-bond donors (Lipinski definition) is 1. The second-order valence-corrected chi connectivity index (χ2v) is 8.96. The van der Waals surface area contributed by atoms with Gasteiger partial charge in [-0.25, -0.2) is 8.42 Å². The van der Waals surface area contributed by atoms with E-state index in [1.165, 1.54) is 17.0 Å². The highest BCUT2D eigenvalue weighted by atomic mass is 35.5. The predicted octanol–water partition coefficient (Wildman–Crippen LogP) is 1.89. The van der Waals surface area contributed by atoms with Crippen LogP contribution >= 0.6 is 12.4 Å². The van der Waals surface area contributed by atoms with Gasteiger partial charge in [0.2, 0.25) is 10.0 Å². The molecule has 8 heteroatoms. The maximum atomic E-state index is 12.8. The average Bonchev–Trinajstić information content (AvgIpc) is 3.03. The first-order valence-corrected chi connectivity index (χ1v) is 10.8. The fourth-order valence-corrected chi connectivity index (χ4v) is 4.76. The molecule has 1 aromatic rings. The van der Waals surface area contributed by atoms with Crippen LogP contribution in [0, 0.1) is 5.92 Å². The van der Waals surface area contributed by atoms with Crippen molar-refractivity contribution < 1.29 is 13.2 Å². The molecule has 0 saturated carbocycles. The average molecular weight is 402 g/mol. The number of sulfonamides is 1. The largest absolute Gasteiger partial charge is 0.339 e. The monoisotopic (exact) mass is 401 g/mol. The molecule has 0 spiro atoms. The lowest BCUT2D eigenvalue weighted by Crippen LogP contribution is -2.39. The number of benzene rings is 1. The minimum absolute atomic E-state index is 0. The van der Waals surface area contributed by atoms with E-state index in [1.807, 2.05) is 18.0 Å². The third-order valence-corrected chi connectivity index (χ3v) is 6.46. The van der Waals surface area contributed by atoms with E-state index in [2.05, 4.69) is 5.32 Å². The number of carbonyl (C=O) groups excluding carboxylic acids is 1. The first kappa shape index (κ1) is 21.0. The first-order valence-electron chi connectivity index (χ1n) is 8.94. The van der Waals surface area contributed by atoms with Crippen LogP contribution in [0.4, 0.5) is 5.69 Å². The Hall–Kier alpha value is -1.31. The number of halogens is 1. The van der Waals surface area contributed by atoms with Crippen LogP contribution in [0.5, 0.6) is 0 Å². The predicted molar refractivity (Wildman–Crippen MR) is 107 cm³/mol. The second-order valence-electron chi connectivity index (χ2n) is 7.06. The van der Waals surface area contributed by atoms with Crippen LogP contribution < -0.4 is 9.62 Å². The van der Waals surface area contributed by atoms with E-state index in [-0.39, 0.29) is 18.3 Å². The minimum Gasteiger partial charge on any atom is -0.339 e. The SMILES string of the molecule is CNCCC1CCN(C(=O)c2ccc3c(c2)CCN3S(C)(=O)=O)CC1.Cl. The number of amides is 1. The lowest BCUT2D eigenvalue weighted by Gasteiger charge is -2.32. The Morgan fingerprint density at radius 3 is 2.54 bits per heavy atom. The van der Waals surface area contributed by atoms with Gasteiger partial charge in [0, 0.05) is 25.2 Å². The van der Waals surface area contributed by atoms with Gasteiger partial charge in [0.1, 0.15) is 0 Å². The smallest absolute Gasteiger partial charge is 0.253 e. The highest BCUT2D eigenvalue weighted by Gasteiger charge is 2.28. The maximum absolute atomic E-state index is 12.8. The van der Waals surface area contributed by atoms with E-state index < -0.39 is 10.0 Å². The van der Waals surface area contributed by atoms with Gasteiger partial charge in [-0.05, 0) is 69.0 Å². The Labute approximate surface area is 162 Å². The van der Waals surface area contributed by atoms with Crippen molar-refractivity contribution in [3.05, 3.63) is 29.3 Å². The summed E-state index contributed by atoms with van der Waals surface area (Å²) >= 11 is 0. The van der Waals surface area contributed by atoms with Crippen LogP contribution in [0.3, 0.4) is 0 Å². The molecule has 1 aromatic carbocycles. The van der Waals surface area contributed by atoms with Gasteiger partial charge in [0.15, 0.2) is 0 Å². The van der Waals surface area contributed by atoms with Crippen molar-refractivity contribution in [2.45, 2.75) is 25.7 Å². The van der Waals surface area contributed by atoms with Crippen LogP contribution in [0.2, 0.25) is 0 Å². The highest BCUT2D eigenvalue weighted by Crippen LogP contribution is 2.31. The van der Waals surface area contributed by atoms with Crippen LogP contribution in [-0.4, -0.2) is 58.7 Å². The Bertz CT molecular complexity index is 746. The molecule has 0 atom stereocenters. The molecule has 0 aromatic heterocycles. The zero-order chi connectivity index (χ0) is 18.0. The second kappa shape index (κ2) is 8.59. The number of nitrogens with one attached hydrogen (secondary N) is 1. The summed E-state index contributed by atoms with van der Waals surface area (Å²) in [7, 11) is -1.28. The molecule has 1 saturated heterocycles. The molecule has 1 N–H and O–H groups in total. The summed E-state index contributed by atoms with van der Waals surface area (Å²) in [4.78, 5) is 14.7. The Kier molecular flexibility index (Phi) is 6.93. The van der Waals surface area contributed by atoms with Crippen molar-refractivity contribution in [3.63, 3.8) is 0 Å². The summed E-state index contributed by atoms with van der Waals surface area (Å²) in [5.41, 5.74) is 2.33. The fourth-order valence-electron chi connectivity index (χ4n) is 3.80. The zero-order valence-corrected chi connectivity index (χ0v) is 17.0. The first-order chi connectivity index (χ1) is 11.9. The summed E-state index contributed by atoms with van der Waals surface area (Å²) in [5, 5.41) is 3.19. The number of anilines is 1. The van der Waals surface area contributed by atoms with Crippen LogP contribution in [0.15, 0.2) is 18.2 Å². The van der Waals surface area contributed by atoms with Crippen LogP contribution in [0.25, 0.3) is 0 Å². The van der Waals surface area contributed by atoms with Crippen molar-refractivity contribution in [1.29, 1.82) is 0 Å². The summed E-state index contributed by atoms with van der Waals surface area (Å²) < 4.78 is 25.0. The van der Waals surface area contributed by atoms with Gasteiger partial charge in [0.25, 0.3) is 5.91 Å². The number of hydrogen-bond acceptors (Lipinski definition) is 4. The number of carbonyl (C=O) groups is 1. The highest BCUT2D eigenvalue weighted by molar-refractivity contribution is 7.92. The van der Waals surface area contributed by atoms with E-state index in [1.54, 1.807) is 12.1 Å². The van der Waals surface area contributed by atoms with E-state index in [9.17, 15) is 13.2 Å². The number of likely N-dealkylation sites (tertiary alicyclic amines) is 1. The van der Waals surface area contributed by atoms with E-state index >= 15 is 0 Å². The molecule has 2 aliphatic heterocycles. The lowest BCUT2D eigenvalue weighted by atomic mass is 9.93. The Morgan fingerprint density at radius 2 is 1.92 bits per heavy atom. The molecule has 0 aliphatic carbocycles. The summed E-state index contributed by atoms with van der Waals surface area (Å²) in [6, 6.07) is 5.41. The Balaban J connectivity index is 0.00000243. The number of fused-ring (bicyclic) bond motifs is 1. The van der Waals surface area contributed by atoms with Gasteiger partial charge >= 0.3 is 0 Å². The van der Waals surface area contributed by atoms with Crippen molar-refractivity contribution in [2.24, 2.45) is 5.92 Å². The van der Waals surface area contributed by atoms with Crippen molar-refractivity contribution in [1.82, 2.24) is 10.2 Å². The van der Waals surface area contributed by atoms with E-state index in [0.29, 0.717) is 30.1 Å². The van der Waals surface area contributed by atoms with E-state index in [0.717, 1.165) is 38.0 Å². The summed E-state index contributed by atoms with van der Waals surface area (Å²) in [5.74, 6) is 0.757. The third-order valence-electron chi connectivity index (χ3n) is 5.28. The molecule has 1 fully saturated rings. The fraction of sp³-hybridized carbons (Fsp3) is 0.611. The molecule has 0 bridgehead atoms. The lowest BCUT2D eigenvalue weighted by molar-refractivity contribution is 0.0687. The summed E-state index contributed by atoms with van der Waals surface area (Å²) in [6.45, 7) is 3.10. The molecule has 2 aliphatic rings. The minimum atomic E-state index is -3.25. The molecule has 3 rings (SSSR count). The summed E-state index contributed by atoms with van der Waals surface area (Å²) in [6.07, 6.45) is 5.16. The van der Waals surface area contributed by atoms with Gasteiger partial charge < -0.3 is 10.2 Å². The quantitative estimate of drug-likeness (QED) is 0.818. The number of nitrogens with zero attached hydrogens (tertiary/aromatic N) is 2. The van der Waals surface area contributed by atoms with Gasteiger partial charge in [0.05, 0.1) is 11.9 Å². The van der Waals surface area contributed by atoms with E-state index in [4.69, 9.17) is 0 Å². The van der Waals surface area contributed by atoms with Crippen molar-refractivity contribution in [2.75, 3.05) is 43.8 Å². The van der Waals surface area contributed by atoms with Gasteiger partial charge in [-0.2, -0.15) is 0 Å². The topological polar surface area (TPSA) is 69.7 Å². The maximum Gasteiger partial charge on any atom is 0.253 e. The number of piperidine rings is 1. The number of rotatable bonds is 5.